The number of aryl methyl sites for hydroxylation is 1. The highest BCUT2D eigenvalue weighted by Crippen LogP contribution is 2.26. The van der Waals surface area contributed by atoms with Crippen LogP contribution in [0.25, 0.3) is 0 Å². The van der Waals surface area contributed by atoms with Gasteiger partial charge in [-0.1, -0.05) is 6.07 Å². The van der Waals surface area contributed by atoms with Gasteiger partial charge in [0.1, 0.15) is 5.82 Å². The predicted octanol–water partition coefficient (Wildman–Crippen LogP) is 3.07. The van der Waals surface area contributed by atoms with Crippen molar-refractivity contribution in [3.8, 4) is 0 Å². The van der Waals surface area contributed by atoms with Crippen LogP contribution in [0, 0.1) is 12.7 Å². The number of anilines is 2. The largest absolute Gasteiger partial charge is 0.367 e. The standard InChI is InChI=1S/C22H26FN3O3S/c1-16-5-10-20(23)21(14-16)25-11-2-4-18(15-25)24-22(27)17-6-8-19(9-7-17)26-12-3-13-30(26,28)29/h5-10,14,18H,2-4,11-13,15H2,1H3,(H,24,27). The van der Waals surface area contributed by atoms with Crippen molar-refractivity contribution in [1.29, 1.82) is 0 Å². The van der Waals surface area contributed by atoms with E-state index in [1.165, 1.54) is 10.4 Å². The highest BCUT2D eigenvalue weighted by Gasteiger charge is 2.28. The molecule has 6 nitrogen and oxygen atoms in total. The highest BCUT2D eigenvalue weighted by atomic mass is 32.2. The Hall–Kier alpha value is -2.61. The van der Waals surface area contributed by atoms with E-state index in [0.29, 0.717) is 36.4 Å². The Morgan fingerprint density at radius 3 is 2.57 bits per heavy atom. The van der Waals surface area contributed by atoms with E-state index in [-0.39, 0.29) is 23.5 Å². The van der Waals surface area contributed by atoms with Crippen molar-refractivity contribution in [2.75, 3.05) is 34.6 Å². The van der Waals surface area contributed by atoms with Crippen molar-refractivity contribution in [2.24, 2.45) is 0 Å². The fraction of sp³-hybridized carbons (Fsp3) is 0.409. The molecule has 2 aromatic carbocycles. The van der Waals surface area contributed by atoms with Crippen LogP contribution in [0.15, 0.2) is 42.5 Å². The Morgan fingerprint density at radius 1 is 1.10 bits per heavy atom. The molecule has 0 radical (unpaired) electrons. The number of benzene rings is 2. The van der Waals surface area contributed by atoms with Crippen molar-refractivity contribution < 1.29 is 17.6 Å². The minimum atomic E-state index is -3.24. The first kappa shape index (κ1) is 20.7. The maximum absolute atomic E-state index is 14.3. The van der Waals surface area contributed by atoms with Gasteiger partial charge in [-0.05, 0) is 68.1 Å². The van der Waals surface area contributed by atoms with Gasteiger partial charge in [-0.3, -0.25) is 9.10 Å². The lowest BCUT2D eigenvalue weighted by atomic mass is 10.0. The number of sulfonamides is 1. The van der Waals surface area contributed by atoms with E-state index < -0.39 is 10.0 Å². The average molecular weight is 432 g/mol. The number of piperidine rings is 1. The minimum absolute atomic E-state index is 0.0789. The van der Waals surface area contributed by atoms with Crippen molar-refractivity contribution in [2.45, 2.75) is 32.2 Å². The first-order valence-electron chi connectivity index (χ1n) is 10.3. The summed E-state index contributed by atoms with van der Waals surface area (Å²) in [6.07, 6.45) is 2.31. The lowest BCUT2D eigenvalue weighted by Crippen LogP contribution is -2.48. The molecule has 2 saturated heterocycles. The molecule has 0 aliphatic carbocycles. The summed E-state index contributed by atoms with van der Waals surface area (Å²) in [5.74, 6) is -0.294. The predicted molar refractivity (Wildman–Crippen MR) is 116 cm³/mol. The van der Waals surface area contributed by atoms with E-state index in [1.807, 2.05) is 17.9 Å². The fourth-order valence-electron chi connectivity index (χ4n) is 4.16. The quantitative estimate of drug-likeness (QED) is 0.808. The van der Waals surface area contributed by atoms with Gasteiger partial charge in [0.05, 0.1) is 17.1 Å². The summed E-state index contributed by atoms with van der Waals surface area (Å²) >= 11 is 0. The molecule has 30 heavy (non-hydrogen) atoms. The molecule has 2 fully saturated rings. The molecule has 0 aromatic heterocycles. The molecule has 1 atom stereocenters. The van der Waals surface area contributed by atoms with E-state index in [9.17, 15) is 17.6 Å². The lowest BCUT2D eigenvalue weighted by Gasteiger charge is -2.35. The number of hydrogen-bond donors (Lipinski definition) is 1. The number of nitrogens with one attached hydrogen (secondary N) is 1. The number of amides is 1. The number of hydrogen-bond acceptors (Lipinski definition) is 4. The Balaban J connectivity index is 1.41. The van der Waals surface area contributed by atoms with Crippen LogP contribution < -0.4 is 14.5 Å². The number of nitrogens with zero attached hydrogens (tertiary/aromatic N) is 2. The molecule has 1 unspecified atom stereocenters. The monoisotopic (exact) mass is 431 g/mol. The van der Waals surface area contributed by atoms with Gasteiger partial charge in [-0.15, -0.1) is 0 Å². The second-order valence-corrected chi connectivity index (χ2v) is 10.0. The van der Waals surface area contributed by atoms with Gasteiger partial charge in [-0.25, -0.2) is 12.8 Å². The Morgan fingerprint density at radius 2 is 1.87 bits per heavy atom. The molecule has 8 heteroatoms. The van der Waals surface area contributed by atoms with E-state index >= 15 is 0 Å². The van der Waals surface area contributed by atoms with Gasteiger partial charge in [0.25, 0.3) is 5.91 Å². The normalized spacial score (nSPS) is 20.9. The highest BCUT2D eigenvalue weighted by molar-refractivity contribution is 7.93. The molecular formula is C22H26FN3O3S. The Bertz CT molecular complexity index is 1040. The Labute approximate surface area is 176 Å². The fourth-order valence-corrected chi connectivity index (χ4v) is 5.72. The smallest absolute Gasteiger partial charge is 0.251 e. The molecule has 0 spiro atoms. The second kappa shape index (κ2) is 8.26. The van der Waals surface area contributed by atoms with Crippen molar-refractivity contribution in [3.63, 3.8) is 0 Å². The molecule has 0 saturated carbocycles. The van der Waals surface area contributed by atoms with Gasteiger partial charge in [-0.2, -0.15) is 0 Å². The van der Waals surface area contributed by atoms with Gasteiger partial charge in [0.2, 0.25) is 10.0 Å². The molecule has 4 rings (SSSR count). The van der Waals surface area contributed by atoms with E-state index in [4.69, 9.17) is 0 Å². The van der Waals surface area contributed by atoms with Crippen LogP contribution in [0.2, 0.25) is 0 Å². The number of carbonyl (C=O) groups excluding carboxylic acids is 1. The Kier molecular flexibility index (Phi) is 5.69. The first-order chi connectivity index (χ1) is 14.3. The van der Waals surface area contributed by atoms with Gasteiger partial charge < -0.3 is 10.2 Å². The van der Waals surface area contributed by atoms with Crippen molar-refractivity contribution in [1.82, 2.24) is 5.32 Å². The zero-order valence-corrected chi connectivity index (χ0v) is 17.8. The third kappa shape index (κ3) is 4.28. The number of rotatable bonds is 4. The summed E-state index contributed by atoms with van der Waals surface area (Å²) in [5, 5.41) is 3.04. The molecule has 1 N–H and O–H groups in total. The lowest BCUT2D eigenvalue weighted by molar-refractivity contribution is 0.0933. The molecule has 2 aromatic rings. The number of halogens is 1. The SMILES string of the molecule is Cc1ccc(F)c(N2CCCC(NC(=O)c3ccc(N4CCCS4(=O)=O)cc3)C2)c1. The molecule has 0 bridgehead atoms. The first-order valence-corrected chi connectivity index (χ1v) is 11.9. The maximum atomic E-state index is 14.3. The van der Waals surface area contributed by atoms with Crippen LogP contribution in [0.4, 0.5) is 15.8 Å². The van der Waals surface area contributed by atoms with E-state index in [1.54, 1.807) is 30.3 Å². The van der Waals surface area contributed by atoms with Gasteiger partial charge in [0.15, 0.2) is 0 Å². The molecule has 2 heterocycles. The van der Waals surface area contributed by atoms with Crippen LogP contribution in [0.3, 0.4) is 0 Å². The maximum Gasteiger partial charge on any atom is 0.251 e. The zero-order valence-electron chi connectivity index (χ0n) is 17.0. The number of carbonyl (C=O) groups is 1. The average Bonchev–Trinajstić information content (AvgIpc) is 3.09. The van der Waals surface area contributed by atoms with Crippen LogP contribution in [-0.2, 0) is 10.0 Å². The van der Waals surface area contributed by atoms with Crippen LogP contribution in [0.1, 0.15) is 35.2 Å². The summed E-state index contributed by atoms with van der Waals surface area (Å²) in [6, 6.07) is 11.6. The summed E-state index contributed by atoms with van der Waals surface area (Å²) in [6.45, 7) is 3.71. The summed E-state index contributed by atoms with van der Waals surface area (Å²) < 4.78 is 39.7. The third-order valence-electron chi connectivity index (χ3n) is 5.72. The second-order valence-electron chi connectivity index (χ2n) is 8.00. The van der Waals surface area contributed by atoms with Crippen LogP contribution in [0.5, 0.6) is 0 Å². The molecule has 160 valence electrons. The van der Waals surface area contributed by atoms with Crippen LogP contribution in [-0.4, -0.2) is 45.8 Å². The van der Waals surface area contributed by atoms with Crippen LogP contribution >= 0.6 is 0 Å². The van der Waals surface area contributed by atoms with Gasteiger partial charge >= 0.3 is 0 Å². The summed E-state index contributed by atoms with van der Waals surface area (Å²) in [7, 11) is -3.24. The summed E-state index contributed by atoms with van der Waals surface area (Å²) in [5.41, 5.74) is 2.64. The minimum Gasteiger partial charge on any atom is -0.367 e. The zero-order chi connectivity index (χ0) is 21.3. The topological polar surface area (TPSA) is 69.7 Å². The van der Waals surface area contributed by atoms with Gasteiger partial charge in [0, 0.05) is 31.2 Å². The van der Waals surface area contributed by atoms with E-state index in [0.717, 1.165) is 24.9 Å². The van der Waals surface area contributed by atoms with Crippen molar-refractivity contribution >= 4 is 27.3 Å². The molecule has 2 aliphatic heterocycles. The molecule has 1 amide bonds. The molecular weight excluding hydrogens is 405 g/mol. The molecule has 2 aliphatic rings. The summed E-state index contributed by atoms with van der Waals surface area (Å²) in [4.78, 5) is 14.7. The third-order valence-corrected chi connectivity index (χ3v) is 7.59. The van der Waals surface area contributed by atoms with Crippen molar-refractivity contribution in [3.05, 3.63) is 59.4 Å². The van der Waals surface area contributed by atoms with E-state index in [2.05, 4.69) is 5.32 Å².